The van der Waals surface area contributed by atoms with Gasteiger partial charge in [0, 0.05) is 25.0 Å². The lowest BCUT2D eigenvalue weighted by atomic mass is 10.1. The Kier molecular flexibility index (Phi) is 7.41. The third-order valence-corrected chi connectivity index (χ3v) is 4.11. The molecule has 0 amide bonds. The number of nitrogens with one attached hydrogen (secondary N) is 2. The third kappa shape index (κ3) is 5.87. The maximum absolute atomic E-state index is 5.30. The van der Waals surface area contributed by atoms with Gasteiger partial charge in [-0.3, -0.25) is 5.43 Å². The number of benzene rings is 2. The first kappa shape index (κ1) is 18.9. The lowest BCUT2D eigenvalue weighted by Gasteiger charge is -2.18. The van der Waals surface area contributed by atoms with E-state index in [-0.39, 0.29) is 0 Å². The van der Waals surface area contributed by atoms with Crippen LogP contribution in [0.2, 0.25) is 0 Å². The van der Waals surface area contributed by atoms with E-state index in [4.69, 9.17) is 12.2 Å². The minimum atomic E-state index is 0.483. The molecule has 0 radical (unpaired) electrons. The second kappa shape index (κ2) is 9.79. The van der Waals surface area contributed by atoms with E-state index in [1.54, 1.807) is 6.21 Å². The number of rotatable bonds is 7. The van der Waals surface area contributed by atoms with Crippen molar-refractivity contribution in [3.05, 3.63) is 59.7 Å². The number of anilines is 2. The van der Waals surface area contributed by atoms with Crippen LogP contribution in [0.5, 0.6) is 0 Å². The molecule has 0 heterocycles. The highest BCUT2D eigenvalue weighted by Gasteiger charge is 2.01. The van der Waals surface area contributed by atoms with Crippen LogP contribution in [-0.4, -0.2) is 24.9 Å². The summed E-state index contributed by atoms with van der Waals surface area (Å²) in [5, 5.41) is 7.88. The molecule has 2 rings (SSSR count). The molecule has 0 unspecified atom stereocenters. The SMILES string of the molecule is CCCN(C)c1ccc(/C=N\NC(=S)Nc2ccccc2CC)cc1. The molecule has 0 saturated carbocycles. The largest absolute Gasteiger partial charge is 0.375 e. The molecule has 2 N–H and O–H groups in total. The number of thiocarbonyl (C=S) groups is 1. The van der Waals surface area contributed by atoms with Crippen molar-refractivity contribution < 1.29 is 0 Å². The average Bonchev–Trinajstić information content (AvgIpc) is 2.63. The summed E-state index contributed by atoms with van der Waals surface area (Å²) >= 11 is 5.30. The lowest BCUT2D eigenvalue weighted by Crippen LogP contribution is -2.24. The highest BCUT2D eigenvalue weighted by molar-refractivity contribution is 7.80. The third-order valence-electron chi connectivity index (χ3n) is 3.92. The van der Waals surface area contributed by atoms with Gasteiger partial charge in [-0.15, -0.1) is 0 Å². The molecule has 0 bridgehead atoms. The zero-order valence-electron chi connectivity index (χ0n) is 15.1. The maximum Gasteiger partial charge on any atom is 0.191 e. The fraction of sp³-hybridized carbons (Fsp3) is 0.300. The molecule has 132 valence electrons. The molecule has 5 heteroatoms. The van der Waals surface area contributed by atoms with Crippen molar-refractivity contribution in [1.29, 1.82) is 0 Å². The minimum absolute atomic E-state index is 0.483. The van der Waals surface area contributed by atoms with Crippen molar-refractivity contribution in [2.45, 2.75) is 26.7 Å². The normalized spacial score (nSPS) is 10.7. The number of nitrogens with zero attached hydrogens (tertiary/aromatic N) is 2. The minimum Gasteiger partial charge on any atom is -0.375 e. The Hall–Kier alpha value is -2.40. The van der Waals surface area contributed by atoms with E-state index < -0.39 is 0 Å². The maximum atomic E-state index is 5.30. The molecule has 0 aromatic heterocycles. The summed E-state index contributed by atoms with van der Waals surface area (Å²) in [5.41, 5.74) is 7.34. The fourth-order valence-corrected chi connectivity index (χ4v) is 2.71. The Balaban J connectivity index is 1.88. The quantitative estimate of drug-likeness (QED) is 0.439. The molecule has 0 aliphatic heterocycles. The Morgan fingerprint density at radius 1 is 1.12 bits per heavy atom. The molecule has 0 fully saturated rings. The first-order valence-corrected chi connectivity index (χ1v) is 9.04. The first-order chi connectivity index (χ1) is 12.1. The fourth-order valence-electron chi connectivity index (χ4n) is 2.55. The van der Waals surface area contributed by atoms with Gasteiger partial charge in [0.15, 0.2) is 5.11 Å². The lowest BCUT2D eigenvalue weighted by molar-refractivity contribution is 0.852. The van der Waals surface area contributed by atoms with E-state index in [1.165, 1.54) is 11.3 Å². The molecule has 2 aromatic carbocycles. The Morgan fingerprint density at radius 3 is 2.52 bits per heavy atom. The smallest absolute Gasteiger partial charge is 0.191 e. The van der Waals surface area contributed by atoms with Crippen LogP contribution in [-0.2, 0) is 6.42 Å². The highest BCUT2D eigenvalue weighted by Crippen LogP contribution is 2.15. The summed E-state index contributed by atoms with van der Waals surface area (Å²) in [5.74, 6) is 0. The summed E-state index contributed by atoms with van der Waals surface area (Å²) in [6.45, 7) is 5.35. The predicted octanol–water partition coefficient (Wildman–Crippen LogP) is 4.42. The second-order valence-electron chi connectivity index (χ2n) is 5.85. The van der Waals surface area contributed by atoms with E-state index in [9.17, 15) is 0 Å². The van der Waals surface area contributed by atoms with Crippen molar-refractivity contribution in [1.82, 2.24) is 5.43 Å². The Bertz CT molecular complexity index is 710. The average molecular weight is 355 g/mol. The Morgan fingerprint density at radius 2 is 1.84 bits per heavy atom. The molecule has 0 spiro atoms. The second-order valence-corrected chi connectivity index (χ2v) is 6.26. The summed E-state index contributed by atoms with van der Waals surface area (Å²) < 4.78 is 0. The van der Waals surface area contributed by atoms with Crippen LogP contribution < -0.4 is 15.6 Å². The number of hydrogen-bond donors (Lipinski definition) is 2. The monoisotopic (exact) mass is 354 g/mol. The van der Waals surface area contributed by atoms with E-state index in [1.807, 2.05) is 18.2 Å². The van der Waals surface area contributed by atoms with Gasteiger partial charge in [-0.2, -0.15) is 5.10 Å². The molecule has 2 aromatic rings. The number of hydrazone groups is 1. The number of aryl methyl sites for hydroxylation is 1. The Labute approximate surface area is 155 Å². The standard InChI is InChI=1S/C20H26N4S/c1-4-14-24(3)18-12-10-16(11-13-18)15-21-23-20(25)22-19-9-7-6-8-17(19)5-2/h6-13,15H,4-5,14H2,1-3H3,(H2,22,23,25)/b21-15-. The molecular formula is C20H26N4S. The van der Waals surface area contributed by atoms with Gasteiger partial charge in [-0.1, -0.05) is 44.2 Å². The van der Waals surface area contributed by atoms with E-state index >= 15 is 0 Å². The van der Waals surface area contributed by atoms with Crippen molar-refractivity contribution in [2.24, 2.45) is 5.10 Å². The van der Waals surface area contributed by atoms with Crippen LogP contribution >= 0.6 is 12.2 Å². The molecule has 0 saturated heterocycles. The van der Waals surface area contributed by atoms with Gasteiger partial charge in [-0.05, 0) is 54.4 Å². The zero-order valence-corrected chi connectivity index (χ0v) is 15.9. The molecule has 0 aliphatic rings. The van der Waals surface area contributed by atoms with Gasteiger partial charge in [0.1, 0.15) is 0 Å². The summed E-state index contributed by atoms with van der Waals surface area (Å²) in [4.78, 5) is 2.24. The van der Waals surface area contributed by atoms with Gasteiger partial charge >= 0.3 is 0 Å². The van der Waals surface area contributed by atoms with Gasteiger partial charge < -0.3 is 10.2 Å². The van der Waals surface area contributed by atoms with Crippen LogP contribution in [0.4, 0.5) is 11.4 Å². The van der Waals surface area contributed by atoms with Crippen molar-refractivity contribution in [3.8, 4) is 0 Å². The van der Waals surface area contributed by atoms with Crippen molar-refractivity contribution in [2.75, 3.05) is 23.8 Å². The predicted molar refractivity (Wildman–Crippen MR) is 113 cm³/mol. The van der Waals surface area contributed by atoms with Crippen LogP contribution in [0.25, 0.3) is 0 Å². The zero-order chi connectivity index (χ0) is 18.1. The number of hydrogen-bond acceptors (Lipinski definition) is 3. The van der Waals surface area contributed by atoms with Crippen LogP contribution in [0, 0.1) is 0 Å². The van der Waals surface area contributed by atoms with Crippen molar-refractivity contribution in [3.63, 3.8) is 0 Å². The van der Waals surface area contributed by atoms with Crippen molar-refractivity contribution >= 4 is 34.9 Å². The highest BCUT2D eigenvalue weighted by atomic mass is 32.1. The summed E-state index contributed by atoms with van der Waals surface area (Å²) in [6.07, 6.45) is 3.85. The van der Waals surface area contributed by atoms with Crippen LogP contribution in [0.1, 0.15) is 31.4 Å². The molecule has 0 atom stereocenters. The molecule has 0 aliphatic carbocycles. The van der Waals surface area contributed by atoms with E-state index in [0.717, 1.165) is 30.6 Å². The topological polar surface area (TPSA) is 39.7 Å². The van der Waals surface area contributed by atoms with Gasteiger partial charge in [-0.25, -0.2) is 0 Å². The van der Waals surface area contributed by atoms with E-state index in [0.29, 0.717) is 5.11 Å². The molecule has 4 nitrogen and oxygen atoms in total. The van der Waals surface area contributed by atoms with Gasteiger partial charge in [0.05, 0.1) is 6.21 Å². The van der Waals surface area contributed by atoms with Gasteiger partial charge in [0.25, 0.3) is 0 Å². The summed E-state index contributed by atoms with van der Waals surface area (Å²) in [6, 6.07) is 16.4. The van der Waals surface area contributed by atoms with Crippen LogP contribution in [0.3, 0.4) is 0 Å². The summed E-state index contributed by atoms with van der Waals surface area (Å²) in [7, 11) is 2.10. The van der Waals surface area contributed by atoms with Gasteiger partial charge in [0.2, 0.25) is 0 Å². The number of para-hydroxylation sites is 1. The molecular weight excluding hydrogens is 328 g/mol. The van der Waals surface area contributed by atoms with Crippen LogP contribution in [0.15, 0.2) is 53.6 Å². The molecule has 25 heavy (non-hydrogen) atoms. The first-order valence-electron chi connectivity index (χ1n) is 8.63. The van der Waals surface area contributed by atoms with E-state index in [2.05, 4.69) is 72.0 Å².